The summed E-state index contributed by atoms with van der Waals surface area (Å²) in [5.41, 5.74) is 1.50. The number of nitrogens with one attached hydrogen (secondary N) is 1. The maximum Gasteiger partial charge on any atom is 0.275 e. The summed E-state index contributed by atoms with van der Waals surface area (Å²) in [6, 6.07) is 11.0. The zero-order valence-electron chi connectivity index (χ0n) is 17.2. The van der Waals surface area contributed by atoms with Gasteiger partial charge in [-0.2, -0.15) is 5.10 Å². The van der Waals surface area contributed by atoms with Gasteiger partial charge in [-0.1, -0.05) is 23.7 Å². The Hall–Kier alpha value is -3.59. The number of halogens is 1. The van der Waals surface area contributed by atoms with Crippen molar-refractivity contribution in [3.8, 4) is 17.2 Å². The minimum atomic E-state index is -0.553. The van der Waals surface area contributed by atoms with Crippen molar-refractivity contribution in [1.82, 2.24) is 9.78 Å². The van der Waals surface area contributed by atoms with Crippen LogP contribution in [-0.4, -0.2) is 27.7 Å². The first-order chi connectivity index (χ1) is 14.8. The van der Waals surface area contributed by atoms with E-state index in [4.69, 9.17) is 21.1 Å². The van der Waals surface area contributed by atoms with Crippen molar-refractivity contribution in [2.45, 2.75) is 26.8 Å². The molecular weight excluding hydrogens is 424 g/mol. The molecule has 1 aromatic heterocycles. The number of hydrogen-bond donors (Lipinski definition) is 1. The highest BCUT2D eigenvalue weighted by Gasteiger charge is 2.15. The highest BCUT2D eigenvalue weighted by Crippen LogP contribution is 2.34. The molecule has 0 saturated carbocycles. The number of methoxy groups -OCH3 is 1. The van der Waals surface area contributed by atoms with Crippen LogP contribution in [0.1, 0.15) is 17.8 Å². The number of non-ortho nitro benzene ring substituents is 1. The van der Waals surface area contributed by atoms with E-state index in [1.807, 2.05) is 6.92 Å². The second-order valence-electron chi connectivity index (χ2n) is 6.73. The molecule has 10 heteroatoms. The van der Waals surface area contributed by atoms with Crippen LogP contribution in [0.2, 0.25) is 5.02 Å². The van der Waals surface area contributed by atoms with Gasteiger partial charge >= 0.3 is 0 Å². The van der Waals surface area contributed by atoms with Crippen LogP contribution in [0.5, 0.6) is 17.2 Å². The van der Waals surface area contributed by atoms with Gasteiger partial charge in [0.05, 0.1) is 46.7 Å². The number of nitrogens with zero attached hydrogens (tertiary/aromatic N) is 3. The lowest BCUT2D eigenvalue weighted by Gasteiger charge is -2.12. The summed E-state index contributed by atoms with van der Waals surface area (Å²) in [7, 11) is 1.50. The summed E-state index contributed by atoms with van der Waals surface area (Å²) >= 11 is 6.13. The van der Waals surface area contributed by atoms with Crippen LogP contribution < -0.4 is 14.8 Å². The van der Waals surface area contributed by atoms with Gasteiger partial charge in [0.2, 0.25) is 5.91 Å². The number of benzene rings is 2. The van der Waals surface area contributed by atoms with Crippen molar-refractivity contribution in [3.05, 3.63) is 69.0 Å². The second-order valence-corrected chi connectivity index (χ2v) is 7.11. The van der Waals surface area contributed by atoms with E-state index in [-0.39, 0.29) is 29.5 Å². The van der Waals surface area contributed by atoms with Gasteiger partial charge in [-0.25, -0.2) is 0 Å². The molecule has 0 bridgehead atoms. The molecule has 0 aliphatic carbocycles. The maximum atomic E-state index is 12.4. The van der Waals surface area contributed by atoms with Crippen molar-refractivity contribution < 1.29 is 19.2 Å². The molecule has 0 atom stereocenters. The Kier molecular flexibility index (Phi) is 6.76. The predicted octanol–water partition coefficient (Wildman–Crippen LogP) is 4.89. The quantitative estimate of drug-likeness (QED) is 0.391. The smallest absolute Gasteiger partial charge is 0.275 e. The Bertz CT molecular complexity index is 1130. The molecule has 3 aromatic rings. The Morgan fingerprint density at radius 1 is 1.23 bits per heavy atom. The molecule has 162 valence electrons. The molecule has 0 aliphatic rings. The van der Waals surface area contributed by atoms with Gasteiger partial charge in [-0.15, -0.1) is 0 Å². The topological polar surface area (TPSA) is 109 Å². The van der Waals surface area contributed by atoms with Crippen LogP contribution in [0.15, 0.2) is 42.5 Å². The van der Waals surface area contributed by atoms with E-state index >= 15 is 0 Å². The molecule has 0 unspecified atom stereocenters. The first-order valence-corrected chi connectivity index (χ1v) is 9.76. The molecular formula is C21H21ClN4O5. The molecule has 1 amide bonds. The number of amides is 1. The monoisotopic (exact) mass is 444 g/mol. The number of carbonyl (C=O) groups is 1. The SMILES string of the molecule is COc1ccccc1Oc1cc(NC(=O)CCn2nc(C)c(Cl)c2C)cc([N+](=O)[O-])c1. The molecule has 0 radical (unpaired) electrons. The standard InChI is InChI=1S/C21H21ClN4O5/c1-13-21(22)14(2)25(24-13)9-8-20(27)23-15-10-16(26(28)29)12-17(11-15)31-19-7-5-4-6-18(19)30-3/h4-7,10-12H,8-9H2,1-3H3,(H,23,27). The minimum absolute atomic E-state index is 0.115. The summed E-state index contributed by atoms with van der Waals surface area (Å²) in [6.45, 7) is 3.94. The summed E-state index contributed by atoms with van der Waals surface area (Å²) in [5.74, 6) is 0.735. The number of aryl methyl sites for hydroxylation is 2. The van der Waals surface area contributed by atoms with Crippen LogP contribution in [0.4, 0.5) is 11.4 Å². The molecule has 0 spiro atoms. The Morgan fingerprint density at radius 2 is 1.94 bits per heavy atom. The summed E-state index contributed by atoms with van der Waals surface area (Å²) in [4.78, 5) is 23.2. The number of carbonyl (C=O) groups excluding carboxylic acids is 1. The van der Waals surface area contributed by atoms with E-state index in [0.29, 0.717) is 28.8 Å². The summed E-state index contributed by atoms with van der Waals surface area (Å²) in [6.07, 6.45) is 0.115. The van der Waals surface area contributed by atoms with E-state index in [0.717, 1.165) is 5.69 Å². The third-order valence-corrected chi connectivity index (χ3v) is 5.07. The fraction of sp³-hybridized carbons (Fsp3) is 0.238. The number of aromatic nitrogens is 2. The molecule has 3 rings (SSSR count). The number of para-hydroxylation sites is 2. The number of anilines is 1. The van der Waals surface area contributed by atoms with Gasteiger partial charge in [0.1, 0.15) is 5.75 Å². The summed E-state index contributed by atoms with van der Waals surface area (Å²) in [5, 5.41) is 18.9. The van der Waals surface area contributed by atoms with Crippen molar-refractivity contribution in [3.63, 3.8) is 0 Å². The third kappa shape index (κ3) is 5.32. The number of nitro groups is 1. The first kappa shape index (κ1) is 22.1. The minimum Gasteiger partial charge on any atom is -0.493 e. The highest BCUT2D eigenvalue weighted by molar-refractivity contribution is 6.31. The number of rotatable bonds is 8. The molecule has 2 aromatic carbocycles. The number of nitro benzene ring substituents is 1. The fourth-order valence-corrected chi connectivity index (χ4v) is 3.11. The summed E-state index contributed by atoms with van der Waals surface area (Å²) < 4.78 is 12.7. The normalized spacial score (nSPS) is 10.6. The van der Waals surface area contributed by atoms with Gasteiger partial charge < -0.3 is 14.8 Å². The molecule has 0 fully saturated rings. The van der Waals surface area contributed by atoms with Crippen molar-refractivity contribution in [2.75, 3.05) is 12.4 Å². The van der Waals surface area contributed by atoms with Crippen LogP contribution in [0, 0.1) is 24.0 Å². The highest BCUT2D eigenvalue weighted by atomic mass is 35.5. The lowest BCUT2D eigenvalue weighted by atomic mass is 10.2. The lowest BCUT2D eigenvalue weighted by molar-refractivity contribution is -0.384. The van der Waals surface area contributed by atoms with E-state index in [2.05, 4.69) is 10.4 Å². The van der Waals surface area contributed by atoms with E-state index in [1.54, 1.807) is 35.9 Å². The van der Waals surface area contributed by atoms with Gasteiger partial charge in [-0.3, -0.25) is 19.6 Å². The van der Waals surface area contributed by atoms with Crippen molar-refractivity contribution >= 4 is 28.9 Å². The van der Waals surface area contributed by atoms with E-state index in [1.165, 1.54) is 25.3 Å². The average molecular weight is 445 g/mol. The van der Waals surface area contributed by atoms with E-state index in [9.17, 15) is 14.9 Å². The van der Waals surface area contributed by atoms with Crippen LogP contribution >= 0.6 is 11.6 Å². The number of hydrogen-bond acceptors (Lipinski definition) is 6. The predicted molar refractivity (Wildman–Crippen MR) is 116 cm³/mol. The molecule has 1 N–H and O–H groups in total. The zero-order valence-corrected chi connectivity index (χ0v) is 18.0. The first-order valence-electron chi connectivity index (χ1n) is 9.38. The third-order valence-electron chi connectivity index (χ3n) is 4.53. The Morgan fingerprint density at radius 3 is 2.55 bits per heavy atom. The van der Waals surface area contributed by atoms with Crippen LogP contribution in [0.3, 0.4) is 0 Å². The fourth-order valence-electron chi connectivity index (χ4n) is 2.97. The Balaban J connectivity index is 1.76. The largest absolute Gasteiger partial charge is 0.493 e. The van der Waals surface area contributed by atoms with Crippen LogP contribution in [-0.2, 0) is 11.3 Å². The number of ether oxygens (including phenoxy) is 2. The Labute approximate surface area is 183 Å². The molecule has 31 heavy (non-hydrogen) atoms. The molecule has 0 aliphatic heterocycles. The van der Waals surface area contributed by atoms with Crippen LogP contribution in [0.25, 0.3) is 0 Å². The van der Waals surface area contributed by atoms with Crippen molar-refractivity contribution in [2.24, 2.45) is 0 Å². The molecule has 9 nitrogen and oxygen atoms in total. The second kappa shape index (κ2) is 9.48. The van der Waals surface area contributed by atoms with Crippen molar-refractivity contribution in [1.29, 1.82) is 0 Å². The molecule has 0 saturated heterocycles. The van der Waals surface area contributed by atoms with Gasteiger partial charge in [0.25, 0.3) is 5.69 Å². The molecule has 1 heterocycles. The van der Waals surface area contributed by atoms with E-state index < -0.39 is 4.92 Å². The maximum absolute atomic E-state index is 12.4. The average Bonchev–Trinajstić information content (AvgIpc) is 2.99. The van der Waals surface area contributed by atoms with Gasteiger partial charge in [0, 0.05) is 18.6 Å². The zero-order chi connectivity index (χ0) is 22.5. The lowest BCUT2D eigenvalue weighted by Crippen LogP contribution is -2.15. The van der Waals surface area contributed by atoms with Gasteiger partial charge in [0.15, 0.2) is 11.5 Å². The van der Waals surface area contributed by atoms with Gasteiger partial charge in [-0.05, 0) is 26.0 Å².